The van der Waals surface area contributed by atoms with Gasteiger partial charge in [-0.2, -0.15) is 0 Å². The fourth-order valence-corrected chi connectivity index (χ4v) is 4.22. The molecule has 0 N–H and O–H groups in total. The molecule has 1 aromatic rings. The topological polar surface area (TPSA) is 57.2 Å². The van der Waals surface area contributed by atoms with Crippen LogP contribution in [-0.2, 0) is 16.5 Å². The molecule has 1 aromatic carbocycles. The molecule has 0 aliphatic carbocycles. The molecule has 0 fully saturated rings. The number of hydrogen-bond donors (Lipinski definition) is 0. The van der Waals surface area contributed by atoms with Crippen molar-refractivity contribution in [2.45, 2.75) is 96.3 Å². The van der Waals surface area contributed by atoms with Crippen molar-refractivity contribution in [2.24, 2.45) is 0 Å². The summed E-state index contributed by atoms with van der Waals surface area (Å²) in [6.45, 7) is 5.80. The first-order valence-electron chi connectivity index (χ1n) is 9.43. The van der Waals surface area contributed by atoms with Crippen LogP contribution in [0.15, 0.2) is 17.0 Å². The molecular formula is C20H33NaO3S. The van der Waals surface area contributed by atoms with Gasteiger partial charge in [0.1, 0.15) is 10.1 Å². The Balaban J connectivity index is 0.00000576. The van der Waals surface area contributed by atoms with Gasteiger partial charge in [0, 0.05) is 0 Å². The van der Waals surface area contributed by atoms with Gasteiger partial charge in [-0.05, 0) is 43.4 Å². The molecule has 0 heterocycles. The van der Waals surface area contributed by atoms with Gasteiger partial charge < -0.3 is 4.55 Å². The Hall–Kier alpha value is 0.130. The van der Waals surface area contributed by atoms with Crippen LogP contribution < -0.4 is 29.6 Å². The molecule has 0 spiro atoms. The average molecular weight is 377 g/mol. The van der Waals surface area contributed by atoms with Crippen LogP contribution in [0, 0.1) is 13.8 Å². The summed E-state index contributed by atoms with van der Waals surface area (Å²) >= 11 is 0. The standard InChI is InChI=1S/C20H34O3S.Na/c1-4-5-6-7-8-9-10-11-12-13-14-19-16-15-17(2)18(3)20(19)24(21,22)23;/h15-16H,4-14H2,1-3H3,(H,21,22,23);/q;+1/p-1. The molecule has 0 saturated heterocycles. The molecule has 0 aliphatic rings. The van der Waals surface area contributed by atoms with Gasteiger partial charge in [-0.15, -0.1) is 0 Å². The van der Waals surface area contributed by atoms with Crippen molar-refractivity contribution in [3.8, 4) is 0 Å². The normalized spacial score (nSPS) is 11.4. The maximum absolute atomic E-state index is 11.6. The summed E-state index contributed by atoms with van der Waals surface area (Å²) < 4.78 is 34.7. The predicted molar refractivity (Wildman–Crippen MR) is 99.4 cm³/mol. The van der Waals surface area contributed by atoms with Crippen LogP contribution >= 0.6 is 0 Å². The summed E-state index contributed by atoms with van der Waals surface area (Å²) in [5.74, 6) is 0. The molecule has 0 saturated carbocycles. The molecule has 1 rings (SSSR count). The van der Waals surface area contributed by atoms with E-state index in [0.29, 0.717) is 17.5 Å². The van der Waals surface area contributed by atoms with Gasteiger partial charge in [-0.25, -0.2) is 8.42 Å². The minimum Gasteiger partial charge on any atom is -0.744 e. The van der Waals surface area contributed by atoms with Crippen molar-refractivity contribution < 1.29 is 42.5 Å². The Kier molecular flexibility index (Phi) is 13.4. The Labute approximate surface area is 177 Å². The van der Waals surface area contributed by atoms with E-state index in [2.05, 4.69) is 6.92 Å². The van der Waals surface area contributed by atoms with E-state index in [1.807, 2.05) is 13.0 Å². The summed E-state index contributed by atoms with van der Waals surface area (Å²) in [6.07, 6.45) is 13.1. The van der Waals surface area contributed by atoms with Crippen LogP contribution in [-0.4, -0.2) is 13.0 Å². The number of benzene rings is 1. The largest absolute Gasteiger partial charge is 1.00 e. The van der Waals surface area contributed by atoms with E-state index in [1.54, 1.807) is 13.0 Å². The number of hydrogen-bond acceptors (Lipinski definition) is 3. The maximum atomic E-state index is 11.6. The fraction of sp³-hybridized carbons (Fsp3) is 0.700. The third-order valence-electron chi connectivity index (χ3n) is 4.81. The van der Waals surface area contributed by atoms with E-state index in [4.69, 9.17) is 0 Å². The second-order valence-electron chi connectivity index (χ2n) is 6.88. The van der Waals surface area contributed by atoms with Gasteiger partial charge in [-0.1, -0.05) is 76.8 Å². The van der Waals surface area contributed by atoms with Crippen LogP contribution in [0.2, 0.25) is 0 Å². The molecule has 0 atom stereocenters. The number of aryl methyl sites for hydroxylation is 2. The Bertz CT molecular complexity index is 597. The molecule has 5 heteroatoms. The van der Waals surface area contributed by atoms with E-state index in [-0.39, 0.29) is 34.5 Å². The van der Waals surface area contributed by atoms with E-state index in [9.17, 15) is 13.0 Å². The van der Waals surface area contributed by atoms with Crippen molar-refractivity contribution in [3.63, 3.8) is 0 Å². The molecule has 3 nitrogen and oxygen atoms in total. The molecule has 0 bridgehead atoms. The van der Waals surface area contributed by atoms with Crippen LogP contribution in [0.4, 0.5) is 0 Å². The van der Waals surface area contributed by atoms with Gasteiger partial charge in [0.05, 0.1) is 4.90 Å². The third kappa shape index (κ3) is 9.58. The van der Waals surface area contributed by atoms with Crippen molar-refractivity contribution in [2.75, 3.05) is 0 Å². The fourth-order valence-electron chi connectivity index (χ4n) is 3.19. The Morgan fingerprint density at radius 3 is 1.80 bits per heavy atom. The minimum atomic E-state index is -4.40. The minimum absolute atomic E-state index is 0. The van der Waals surface area contributed by atoms with E-state index in [1.165, 1.54) is 51.4 Å². The molecule has 0 amide bonds. The van der Waals surface area contributed by atoms with Crippen LogP contribution in [0.3, 0.4) is 0 Å². The van der Waals surface area contributed by atoms with Crippen molar-refractivity contribution in [1.82, 2.24) is 0 Å². The van der Waals surface area contributed by atoms with E-state index >= 15 is 0 Å². The quantitative estimate of drug-likeness (QED) is 0.320. The third-order valence-corrected chi connectivity index (χ3v) is 5.88. The zero-order valence-corrected chi connectivity index (χ0v) is 19.4. The van der Waals surface area contributed by atoms with Crippen LogP contribution in [0.1, 0.15) is 87.8 Å². The SMILES string of the molecule is CCCCCCCCCCCCc1ccc(C)c(C)c1S(=O)(=O)[O-].[Na+]. The zero-order valence-electron chi connectivity index (χ0n) is 16.6. The number of rotatable bonds is 12. The van der Waals surface area contributed by atoms with Gasteiger partial charge >= 0.3 is 29.6 Å². The Morgan fingerprint density at radius 2 is 1.32 bits per heavy atom. The molecule has 25 heavy (non-hydrogen) atoms. The van der Waals surface area contributed by atoms with Crippen molar-refractivity contribution >= 4 is 10.1 Å². The summed E-state index contributed by atoms with van der Waals surface area (Å²) in [4.78, 5) is 0.0124. The summed E-state index contributed by atoms with van der Waals surface area (Å²) in [6, 6.07) is 3.72. The van der Waals surface area contributed by atoms with E-state index in [0.717, 1.165) is 18.4 Å². The molecule has 0 radical (unpaired) electrons. The number of unbranched alkanes of at least 4 members (excludes halogenated alkanes) is 9. The first kappa shape index (κ1) is 25.1. The second kappa shape index (κ2) is 13.3. The maximum Gasteiger partial charge on any atom is 1.00 e. The van der Waals surface area contributed by atoms with Gasteiger partial charge in [0.15, 0.2) is 0 Å². The second-order valence-corrected chi connectivity index (χ2v) is 8.20. The first-order valence-corrected chi connectivity index (χ1v) is 10.8. The van der Waals surface area contributed by atoms with Crippen molar-refractivity contribution in [1.29, 1.82) is 0 Å². The molecule has 0 aliphatic heterocycles. The molecule has 0 aromatic heterocycles. The van der Waals surface area contributed by atoms with Crippen LogP contribution in [0.25, 0.3) is 0 Å². The Morgan fingerprint density at radius 1 is 0.840 bits per heavy atom. The molecule has 0 unspecified atom stereocenters. The molecular weight excluding hydrogens is 343 g/mol. The summed E-state index contributed by atoms with van der Waals surface area (Å²) in [7, 11) is -4.40. The van der Waals surface area contributed by atoms with Crippen LogP contribution in [0.5, 0.6) is 0 Å². The first-order chi connectivity index (χ1) is 11.4. The average Bonchev–Trinajstić information content (AvgIpc) is 2.51. The van der Waals surface area contributed by atoms with E-state index < -0.39 is 10.1 Å². The summed E-state index contributed by atoms with van der Waals surface area (Å²) in [5.41, 5.74) is 2.15. The monoisotopic (exact) mass is 376 g/mol. The molecule has 138 valence electrons. The zero-order chi connectivity index (χ0) is 18.0. The summed E-state index contributed by atoms with van der Waals surface area (Å²) in [5, 5.41) is 0. The van der Waals surface area contributed by atoms with Gasteiger partial charge in [0.2, 0.25) is 0 Å². The van der Waals surface area contributed by atoms with Gasteiger partial charge in [-0.3, -0.25) is 0 Å². The smallest absolute Gasteiger partial charge is 0.744 e. The predicted octanol–water partition coefficient (Wildman–Crippen LogP) is 2.67. The van der Waals surface area contributed by atoms with Gasteiger partial charge in [0.25, 0.3) is 0 Å². The van der Waals surface area contributed by atoms with Crippen molar-refractivity contribution in [3.05, 3.63) is 28.8 Å².